The first-order valence-corrected chi connectivity index (χ1v) is 2.98. The van der Waals surface area contributed by atoms with E-state index in [1.807, 2.05) is 0 Å². The van der Waals surface area contributed by atoms with Crippen LogP contribution in [0.5, 0.6) is 0 Å². The molecule has 1 aromatic rings. The molecule has 0 amide bonds. The van der Waals surface area contributed by atoms with Crippen LogP contribution in [-0.2, 0) is 32.7 Å². The van der Waals surface area contributed by atoms with Crippen LogP contribution >= 0.6 is 11.6 Å². The monoisotopic (exact) mass is 244 g/mol. The fraction of sp³-hybridized carbons (Fsp3) is 0. The van der Waals surface area contributed by atoms with Crippen molar-refractivity contribution in [2.24, 2.45) is 0 Å². The van der Waals surface area contributed by atoms with Crippen molar-refractivity contribution < 1.29 is 42.6 Å². The summed E-state index contributed by atoms with van der Waals surface area (Å²) in [4.78, 5) is 10.3. The van der Waals surface area contributed by atoms with Crippen molar-refractivity contribution in [1.29, 1.82) is 0 Å². The second kappa shape index (κ2) is 4.86. The SMILES string of the molecule is O=C(O)c1c[c-]ccc1Cl.[Y]. The van der Waals surface area contributed by atoms with Gasteiger partial charge in [0.15, 0.2) is 0 Å². The maximum absolute atomic E-state index is 10.3. The second-order valence-electron chi connectivity index (χ2n) is 1.71. The molecule has 1 N–H and O–H groups in total. The molecule has 0 aliphatic rings. The van der Waals surface area contributed by atoms with E-state index in [1.54, 1.807) is 6.07 Å². The Morgan fingerprint density at radius 3 is 2.64 bits per heavy atom. The third-order valence-electron chi connectivity index (χ3n) is 1.04. The molecule has 0 spiro atoms. The Morgan fingerprint density at radius 1 is 1.64 bits per heavy atom. The smallest absolute Gasteiger partial charge is 0.280 e. The van der Waals surface area contributed by atoms with E-state index in [0.29, 0.717) is 0 Å². The Kier molecular flexibility index (Phi) is 4.90. The third-order valence-corrected chi connectivity index (χ3v) is 1.37. The van der Waals surface area contributed by atoms with Gasteiger partial charge in [0.2, 0.25) is 0 Å². The molecule has 0 saturated heterocycles. The summed E-state index contributed by atoms with van der Waals surface area (Å²) in [5.74, 6) is -1.03. The standard InChI is InChI=1S/C7H4ClO2.Y/c8-6-4-2-1-3-5(6)7(9)10;/h2-4H,(H,9,10);/q-1;. The number of carboxylic acid groups (broad SMARTS) is 1. The van der Waals surface area contributed by atoms with Crippen LogP contribution < -0.4 is 0 Å². The molecule has 0 unspecified atom stereocenters. The number of carbonyl (C=O) groups is 1. The van der Waals surface area contributed by atoms with Crippen molar-refractivity contribution in [3.63, 3.8) is 0 Å². The summed E-state index contributed by atoms with van der Waals surface area (Å²) in [6.45, 7) is 0. The number of halogens is 1. The predicted octanol–water partition coefficient (Wildman–Crippen LogP) is 1.84. The van der Waals surface area contributed by atoms with E-state index in [9.17, 15) is 4.79 Å². The zero-order valence-electron chi connectivity index (χ0n) is 5.54. The van der Waals surface area contributed by atoms with Crippen LogP contribution in [0.1, 0.15) is 10.4 Å². The fourth-order valence-corrected chi connectivity index (χ4v) is 0.774. The van der Waals surface area contributed by atoms with Gasteiger partial charge in [-0.15, -0.1) is 11.6 Å². The first kappa shape index (κ1) is 11.1. The maximum Gasteiger partial charge on any atom is 0.280 e. The van der Waals surface area contributed by atoms with Gasteiger partial charge in [-0.25, -0.2) is 0 Å². The van der Waals surface area contributed by atoms with Gasteiger partial charge in [-0.3, -0.25) is 4.79 Å². The van der Waals surface area contributed by atoms with E-state index in [-0.39, 0.29) is 43.3 Å². The molecule has 0 bridgehead atoms. The van der Waals surface area contributed by atoms with Crippen molar-refractivity contribution >= 4 is 17.6 Å². The fourth-order valence-electron chi connectivity index (χ4n) is 0.575. The molecular formula is C7H4ClO2Y-. The van der Waals surface area contributed by atoms with E-state index in [2.05, 4.69) is 6.07 Å². The summed E-state index contributed by atoms with van der Waals surface area (Å²) < 4.78 is 0. The van der Waals surface area contributed by atoms with Gasteiger partial charge < -0.3 is 5.11 Å². The molecule has 0 fully saturated rings. The minimum absolute atomic E-state index is 0. The Hall–Kier alpha value is 0.0839. The minimum Gasteiger partial charge on any atom is -0.487 e. The van der Waals surface area contributed by atoms with Crippen molar-refractivity contribution in [3.8, 4) is 0 Å². The van der Waals surface area contributed by atoms with Gasteiger partial charge in [-0.05, 0) is 5.56 Å². The topological polar surface area (TPSA) is 37.3 Å². The number of hydrogen-bond donors (Lipinski definition) is 1. The zero-order chi connectivity index (χ0) is 7.56. The molecule has 1 rings (SSSR count). The van der Waals surface area contributed by atoms with Crippen LogP contribution in [0.3, 0.4) is 0 Å². The number of hydrogen-bond acceptors (Lipinski definition) is 1. The summed E-state index contributed by atoms with van der Waals surface area (Å²) in [6.07, 6.45) is 0. The van der Waals surface area contributed by atoms with Crippen molar-refractivity contribution in [2.75, 3.05) is 0 Å². The van der Waals surface area contributed by atoms with Gasteiger partial charge in [0.05, 0.1) is 0 Å². The molecule has 4 heteroatoms. The van der Waals surface area contributed by atoms with Crippen LogP contribution in [0.2, 0.25) is 5.02 Å². The maximum atomic E-state index is 10.3. The van der Waals surface area contributed by atoms with Gasteiger partial charge in [-0.2, -0.15) is 24.3 Å². The van der Waals surface area contributed by atoms with E-state index in [0.717, 1.165) is 0 Å². The second-order valence-corrected chi connectivity index (χ2v) is 2.12. The van der Waals surface area contributed by atoms with Gasteiger partial charge in [-0.1, -0.05) is 5.02 Å². The molecule has 1 radical (unpaired) electrons. The van der Waals surface area contributed by atoms with E-state index < -0.39 is 5.97 Å². The van der Waals surface area contributed by atoms with Crippen LogP contribution in [0.15, 0.2) is 18.2 Å². The van der Waals surface area contributed by atoms with Crippen LogP contribution in [-0.4, -0.2) is 11.1 Å². The third kappa shape index (κ3) is 2.90. The minimum atomic E-state index is -1.03. The quantitative estimate of drug-likeness (QED) is 0.765. The number of carboxylic acids is 1. The molecule has 0 atom stereocenters. The van der Waals surface area contributed by atoms with Crippen molar-refractivity contribution in [1.82, 2.24) is 0 Å². The number of rotatable bonds is 1. The first-order chi connectivity index (χ1) is 4.72. The predicted molar refractivity (Wildman–Crippen MR) is 37.2 cm³/mol. The largest absolute Gasteiger partial charge is 0.487 e. The van der Waals surface area contributed by atoms with E-state index >= 15 is 0 Å². The molecule has 0 heterocycles. The Labute approximate surface area is 94.4 Å². The number of benzene rings is 1. The summed E-state index contributed by atoms with van der Waals surface area (Å²) in [7, 11) is 0. The van der Waals surface area contributed by atoms with Crippen LogP contribution in [0.4, 0.5) is 0 Å². The molecular weight excluding hydrogens is 240 g/mol. The molecule has 11 heavy (non-hydrogen) atoms. The summed E-state index contributed by atoms with van der Waals surface area (Å²) in [5.41, 5.74) is 0.0872. The number of aromatic carboxylic acids is 1. The summed E-state index contributed by atoms with van der Waals surface area (Å²) >= 11 is 5.52. The normalized spacial score (nSPS) is 8.45. The molecule has 0 saturated carbocycles. The molecule has 0 aliphatic carbocycles. The molecule has 0 aliphatic heterocycles. The molecule has 0 aromatic heterocycles. The Morgan fingerprint density at radius 2 is 2.27 bits per heavy atom. The van der Waals surface area contributed by atoms with Crippen molar-refractivity contribution in [2.45, 2.75) is 0 Å². The summed E-state index contributed by atoms with van der Waals surface area (Å²) in [5, 5.41) is 8.70. The molecule has 1 aromatic carbocycles. The van der Waals surface area contributed by atoms with Gasteiger partial charge in [0, 0.05) is 32.7 Å². The van der Waals surface area contributed by atoms with Crippen molar-refractivity contribution in [3.05, 3.63) is 34.9 Å². The Balaban J connectivity index is 0.000001000. The van der Waals surface area contributed by atoms with Gasteiger partial charge >= 0.3 is 0 Å². The zero-order valence-corrected chi connectivity index (χ0v) is 9.14. The molecule has 2 nitrogen and oxygen atoms in total. The summed E-state index contributed by atoms with van der Waals surface area (Å²) in [6, 6.07) is 7.01. The van der Waals surface area contributed by atoms with Gasteiger partial charge in [0.25, 0.3) is 5.97 Å². The van der Waals surface area contributed by atoms with Crippen LogP contribution in [0.25, 0.3) is 0 Å². The van der Waals surface area contributed by atoms with E-state index in [1.165, 1.54) is 12.1 Å². The molecule has 55 valence electrons. The first-order valence-electron chi connectivity index (χ1n) is 2.60. The average molecular weight is 244 g/mol. The van der Waals surface area contributed by atoms with E-state index in [4.69, 9.17) is 16.7 Å². The van der Waals surface area contributed by atoms with Crippen LogP contribution in [0, 0.1) is 6.07 Å². The Bertz CT molecular complexity index is 262. The van der Waals surface area contributed by atoms with Gasteiger partial charge in [0.1, 0.15) is 0 Å². The average Bonchev–Trinajstić information content (AvgIpc) is 1.88.